The van der Waals surface area contributed by atoms with E-state index in [1.807, 2.05) is 0 Å². The molecule has 0 amide bonds. The van der Waals surface area contributed by atoms with Gasteiger partial charge in [-0.3, -0.25) is 4.79 Å². The summed E-state index contributed by atoms with van der Waals surface area (Å²) >= 11 is 0. The number of rotatable bonds is 1. The van der Waals surface area contributed by atoms with E-state index in [4.69, 9.17) is 18.9 Å². The molecule has 0 aliphatic carbocycles. The molecule has 14 heavy (non-hydrogen) atoms. The minimum absolute atomic E-state index is 0.200. The van der Waals surface area contributed by atoms with Crippen molar-refractivity contribution in [2.24, 2.45) is 0 Å². The molecule has 0 N–H and O–H groups in total. The van der Waals surface area contributed by atoms with Gasteiger partial charge in [0.15, 0.2) is 11.9 Å². The van der Waals surface area contributed by atoms with Crippen LogP contribution in [0, 0.1) is 0 Å². The number of carbonyl (C=O) groups is 1. The molecule has 5 nitrogen and oxygen atoms in total. The number of methoxy groups -OCH3 is 1. The SMILES string of the molecule is CO[C@@H]1OC[C@@H]2OC(C)(C)O[C@@H]2C1=O. The van der Waals surface area contributed by atoms with Gasteiger partial charge in [0.1, 0.15) is 6.10 Å². The second kappa shape index (κ2) is 3.27. The summed E-state index contributed by atoms with van der Waals surface area (Å²) in [5.74, 6) is -0.911. The molecule has 2 aliphatic heterocycles. The Bertz CT molecular complexity index is 250. The molecule has 0 aromatic heterocycles. The van der Waals surface area contributed by atoms with Gasteiger partial charge in [0.05, 0.1) is 6.61 Å². The fourth-order valence-corrected chi connectivity index (χ4v) is 1.78. The van der Waals surface area contributed by atoms with Crippen LogP contribution in [0.4, 0.5) is 0 Å². The maximum atomic E-state index is 11.7. The molecule has 0 aromatic carbocycles. The van der Waals surface area contributed by atoms with Crippen molar-refractivity contribution in [1.82, 2.24) is 0 Å². The van der Waals surface area contributed by atoms with E-state index in [9.17, 15) is 4.79 Å². The number of fused-ring (bicyclic) bond motifs is 1. The molecule has 0 spiro atoms. The van der Waals surface area contributed by atoms with Crippen molar-refractivity contribution < 1.29 is 23.7 Å². The van der Waals surface area contributed by atoms with Crippen molar-refractivity contribution in [3.8, 4) is 0 Å². The van der Waals surface area contributed by atoms with E-state index in [-0.39, 0.29) is 11.9 Å². The van der Waals surface area contributed by atoms with E-state index in [2.05, 4.69) is 0 Å². The first-order valence-electron chi connectivity index (χ1n) is 4.57. The molecule has 3 atom stereocenters. The van der Waals surface area contributed by atoms with E-state index >= 15 is 0 Å². The van der Waals surface area contributed by atoms with Crippen molar-refractivity contribution in [2.45, 2.75) is 38.1 Å². The lowest BCUT2D eigenvalue weighted by atomic mass is 10.1. The molecule has 2 rings (SSSR count). The minimum atomic E-state index is -0.811. The predicted octanol–water partition coefficient (Wildman–Crippen LogP) is 0.0783. The van der Waals surface area contributed by atoms with Crippen LogP contribution in [-0.2, 0) is 23.7 Å². The van der Waals surface area contributed by atoms with E-state index in [1.165, 1.54) is 7.11 Å². The Balaban J connectivity index is 2.12. The van der Waals surface area contributed by atoms with Crippen molar-refractivity contribution in [2.75, 3.05) is 13.7 Å². The van der Waals surface area contributed by atoms with E-state index in [1.54, 1.807) is 13.8 Å². The minimum Gasteiger partial charge on any atom is -0.349 e. The van der Waals surface area contributed by atoms with Crippen molar-refractivity contribution in [3.05, 3.63) is 0 Å². The van der Waals surface area contributed by atoms with E-state index in [0.29, 0.717) is 6.61 Å². The summed E-state index contributed by atoms with van der Waals surface area (Å²) in [6, 6.07) is 0. The van der Waals surface area contributed by atoms with Gasteiger partial charge in [-0.25, -0.2) is 0 Å². The lowest BCUT2D eigenvalue weighted by Gasteiger charge is -2.27. The topological polar surface area (TPSA) is 54.0 Å². The summed E-state index contributed by atoms with van der Waals surface area (Å²) in [6.45, 7) is 3.89. The van der Waals surface area contributed by atoms with Crippen molar-refractivity contribution >= 4 is 5.78 Å². The average Bonchev–Trinajstić information content (AvgIpc) is 2.42. The van der Waals surface area contributed by atoms with Crippen LogP contribution < -0.4 is 0 Å². The van der Waals surface area contributed by atoms with Gasteiger partial charge in [-0.2, -0.15) is 0 Å². The fourth-order valence-electron chi connectivity index (χ4n) is 1.78. The highest BCUT2D eigenvalue weighted by molar-refractivity contribution is 5.87. The number of Topliss-reactive ketones (excluding diaryl/α,β-unsaturated/α-hetero) is 1. The van der Waals surface area contributed by atoms with Crippen LogP contribution in [-0.4, -0.2) is 43.8 Å². The average molecular weight is 202 g/mol. The molecular weight excluding hydrogens is 188 g/mol. The molecule has 0 aromatic rings. The van der Waals surface area contributed by atoms with Gasteiger partial charge in [0.2, 0.25) is 12.1 Å². The van der Waals surface area contributed by atoms with E-state index in [0.717, 1.165) is 0 Å². The van der Waals surface area contributed by atoms with Crippen LogP contribution in [0.3, 0.4) is 0 Å². The predicted molar refractivity (Wildman–Crippen MR) is 45.6 cm³/mol. The Labute approximate surface area is 82.3 Å². The summed E-state index contributed by atoms with van der Waals surface area (Å²) in [4.78, 5) is 11.7. The molecule has 0 radical (unpaired) electrons. The number of hydrogen-bond donors (Lipinski definition) is 0. The third-order valence-electron chi connectivity index (χ3n) is 2.32. The molecule has 0 unspecified atom stereocenters. The van der Waals surface area contributed by atoms with E-state index < -0.39 is 18.2 Å². The van der Waals surface area contributed by atoms with Crippen molar-refractivity contribution in [1.29, 1.82) is 0 Å². The molecule has 0 bridgehead atoms. The van der Waals surface area contributed by atoms with Crippen molar-refractivity contribution in [3.63, 3.8) is 0 Å². The number of ether oxygens (including phenoxy) is 4. The lowest BCUT2D eigenvalue weighted by molar-refractivity contribution is -0.190. The van der Waals surface area contributed by atoms with Crippen LogP contribution in [0.25, 0.3) is 0 Å². The smallest absolute Gasteiger partial charge is 0.220 e. The third kappa shape index (κ3) is 1.56. The summed E-state index contributed by atoms with van der Waals surface area (Å²) in [6.07, 6.45) is -1.67. The Morgan fingerprint density at radius 3 is 2.79 bits per heavy atom. The Morgan fingerprint density at radius 1 is 1.43 bits per heavy atom. The highest BCUT2D eigenvalue weighted by Gasteiger charge is 2.50. The first-order valence-corrected chi connectivity index (χ1v) is 4.57. The molecular formula is C9H14O5. The summed E-state index contributed by atoms with van der Waals surface area (Å²) in [5, 5.41) is 0. The van der Waals surface area contributed by atoms with Gasteiger partial charge in [-0.15, -0.1) is 0 Å². The first kappa shape index (κ1) is 10.0. The molecule has 2 fully saturated rings. The highest BCUT2D eigenvalue weighted by Crippen LogP contribution is 2.32. The number of hydrogen-bond acceptors (Lipinski definition) is 5. The monoisotopic (exact) mass is 202 g/mol. The van der Waals surface area contributed by atoms with Crippen LogP contribution in [0.1, 0.15) is 13.8 Å². The second-order valence-corrected chi connectivity index (χ2v) is 3.90. The van der Waals surface area contributed by atoms with Crippen LogP contribution in [0.15, 0.2) is 0 Å². The standard InChI is InChI=1S/C9H14O5/c1-9(2)13-5-4-12-8(11-3)6(10)7(5)14-9/h5,7-8H,4H2,1-3H3/t5-,7-,8+/m0/s1. The van der Waals surface area contributed by atoms with Crippen LogP contribution >= 0.6 is 0 Å². The van der Waals surface area contributed by atoms with Gasteiger partial charge < -0.3 is 18.9 Å². The Morgan fingerprint density at radius 2 is 2.14 bits per heavy atom. The number of carbonyl (C=O) groups excluding carboxylic acids is 1. The second-order valence-electron chi connectivity index (χ2n) is 3.90. The molecule has 80 valence electrons. The summed E-state index contributed by atoms with van der Waals surface area (Å²) in [7, 11) is 1.43. The number of ketones is 1. The maximum Gasteiger partial charge on any atom is 0.220 e. The molecule has 2 heterocycles. The van der Waals surface area contributed by atoms with Crippen LogP contribution in [0.2, 0.25) is 0 Å². The van der Waals surface area contributed by atoms with Gasteiger partial charge in [-0.1, -0.05) is 0 Å². The zero-order valence-electron chi connectivity index (χ0n) is 8.48. The molecule has 5 heteroatoms. The Hall–Kier alpha value is -0.490. The highest BCUT2D eigenvalue weighted by atomic mass is 16.8. The molecule has 0 saturated carbocycles. The molecule has 2 saturated heterocycles. The van der Waals surface area contributed by atoms with Crippen LogP contribution in [0.5, 0.6) is 0 Å². The Kier molecular flexibility index (Phi) is 2.35. The van der Waals surface area contributed by atoms with Gasteiger partial charge in [0, 0.05) is 7.11 Å². The van der Waals surface area contributed by atoms with Gasteiger partial charge in [0.25, 0.3) is 0 Å². The fraction of sp³-hybridized carbons (Fsp3) is 0.889. The molecule has 2 aliphatic rings. The van der Waals surface area contributed by atoms with Gasteiger partial charge >= 0.3 is 0 Å². The lowest BCUT2D eigenvalue weighted by Crippen LogP contribution is -2.48. The first-order chi connectivity index (χ1) is 6.53. The zero-order chi connectivity index (χ0) is 10.3. The normalized spacial score (nSPS) is 41.1. The third-order valence-corrected chi connectivity index (χ3v) is 2.32. The largest absolute Gasteiger partial charge is 0.349 e. The summed E-state index contributed by atoms with van der Waals surface area (Å²) < 4.78 is 21.0. The zero-order valence-corrected chi connectivity index (χ0v) is 8.48. The maximum absolute atomic E-state index is 11.7. The van der Waals surface area contributed by atoms with Gasteiger partial charge in [-0.05, 0) is 13.8 Å². The quantitative estimate of drug-likeness (QED) is 0.602. The summed E-state index contributed by atoms with van der Waals surface area (Å²) in [5.41, 5.74) is 0.